The van der Waals surface area contributed by atoms with Gasteiger partial charge in [0.05, 0.1) is 17.7 Å². The van der Waals surface area contributed by atoms with Crippen LogP contribution in [0.4, 0.5) is 5.82 Å². The van der Waals surface area contributed by atoms with E-state index in [0.29, 0.717) is 12.4 Å². The summed E-state index contributed by atoms with van der Waals surface area (Å²) in [5.41, 5.74) is 11.2. The van der Waals surface area contributed by atoms with Gasteiger partial charge in [0.2, 0.25) is 0 Å². The molecule has 1 aromatic carbocycles. The molecule has 0 amide bonds. The number of nitrogen functional groups attached to an aromatic ring is 1. The van der Waals surface area contributed by atoms with E-state index in [9.17, 15) is 0 Å². The summed E-state index contributed by atoms with van der Waals surface area (Å²) in [4.78, 5) is 4.71. The van der Waals surface area contributed by atoms with Crippen LogP contribution in [0.25, 0.3) is 22.3 Å². The molecule has 4 N–H and O–H groups in total. The van der Waals surface area contributed by atoms with Gasteiger partial charge in [0.25, 0.3) is 0 Å². The molecule has 2 aromatic heterocycles. The fraction of sp³-hybridized carbons (Fsp3) is 0.333. The Kier molecular flexibility index (Phi) is 5.08. The van der Waals surface area contributed by atoms with Gasteiger partial charge in [-0.1, -0.05) is 24.3 Å². The molecule has 0 aliphatic heterocycles. The van der Waals surface area contributed by atoms with Crippen molar-refractivity contribution in [2.75, 3.05) is 32.5 Å². The van der Waals surface area contributed by atoms with Crippen molar-refractivity contribution >= 4 is 16.9 Å². The van der Waals surface area contributed by atoms with Crippen LogP contribution < -0.4 is 11.1 Å². The summed E-state index contributed by atoms with van der Waals surface area (Å²) < 4.78 is 5.05. The van der Waals surface area contributed by atoms with Gasteiger partial charge in [0.1, 0.15) is 0 Å². The number of pyridine rings is 1. The Hall–Kier alpha value is -2.44. The Morgan fingerprint density at radius 1 is 1.25 bits per heavy atom. The van der Waals surface area contributed by atoms with E-state index in [0.717, 1.165) is 47.4 Å². The van der Waals surface area contributed by atoms with Crippen LogP contribution >= 0.6 is 0 Å². The number of rotatable bonds is 7. The summed E-state index contributed by atoms with van der Waals surface area (Å²) in [6, 6.07) is 10.4. The minimum atomic E-state index is 0.501. The van der Waals surface area contributed by atoms with E-state index < -0.39 is 0 Å². The van der Waals surface area contributed by atoms with Gasteiger partial charge in [-0.2, -0.15) is 5.10 Å². The molecule has 0 aliphatic rings. The highest BCUT2D eigenvalue weighted by molar-refractivity contribution is 5.91. The second kappa shape index (κ2) is 7.42. The largest absolute Gasteiger partial charge is 0.383 e. The van der Waals surface area contributed by atoms with Crippen LogP contribution in [0.2, 0.25) is 0 Å². The molecule has 0 radical (unpaired) electrons. The molecule has 6 heteroatoms. The van der Waals surface area contributed by atoms with E-state index in [4.69, 9.17) is 15.5 Å². The van der Waals surface area contributed by atoms with Crippen LogP contribution in [0.15, 0.2) is 30.3 Å². The van der Waals surface area contributed by atoms with E-state index >= 15 is 0 Å². The van der Waals surface area contributed by atoms with E-state index in [2.05, 4.69) is 40.6 Å². The number of fused-ring (bicyclic) bond motifs is 1. The molecule has 24 heavy (non-hydrogen) atoms. The third-order valence-electron chi connectivity index (χ3n) is 4.11. The second-order valence-corrected chi connectivity index (χ2v) is 5.81. The van der Waals surface area contributed by atoms with Crippen molar-refractivity contribution in [1.82, 2.24) is 20.5 Å². The lowest BCUT2D eigenvalue weighted by Gasteiger charge is -2.10. The molecule has 0 fully saturated rings. The van der Waals surface area contributed by atoms with Crippen molar-refractivity contribution in [2.24, 2.45) is 0 Å². The van der Waals surface area contributed by atoms with Crippen LogP contribution in [0, 0.1) is 6.92 Å². The van der Waals surface area contributed by atoms with Crippen molar-refractivity contribution in [3.05, 3.63) is 41.5 Å². The van der Waals surface area contributed by atoms with Crippen molar-refractivity contribution in [1.29, 1.82) is 0 Å². The number of ether oxygens (including phenoxy) is 1. The molecule has 2 heterocycles. The number of benzene rings is 1. The van der Waals surface area contributed by atoms with Crippen LogP contribution in [0.1, 0.15) is 11.1 Å². The molecule has 126 valence electrons. The minimum absolute atomic E-state index is 0.501. The van der Waals surface area contributed by atoms with Crippen LogP contribution in [0.5, 0.6) is 0 Å². The third-order valence-corrected chi connectivity index (χ3v) is 4.11. The number of methoxy groups -OCH3 is 1. The summed E-state index contributed by atoms with van der Waals surface area (Å²) in [7, 11) is 1.70. The van der Waals surface area contributed by atoms with E-state index in [1.54, 1.807) is 7.11 Å². The van der Waals surface area contributed by atoms with Crippen molar-refractivity contribution in [3.8, 4) is 11.3 Å². The Labute approximate surface area is 141 Å². The first-order chi connectivity index (χ1) is 11.7. The van der Waals surface area contributed by atoms with Gasteiger partial charge in [-0.3, -0.25) is 5.10 Å². The molecule has 0 aliphatic carbocycles. The number of hydrogen-bond donors (Lipinski definition) is 3. The predicted molar refractivity (Wildman–Crippen MR) is 96.9 cm³/mol. The monoisotopic (exact) mass is 325 g/mol. The van der Waals surface area contributed by atoms with Crippen LogP contribution in [0.3, 0.4) is 0 Å². The first kappa shape index (κ1) is 16.4. The molecule has 3 aromatic rings. The predicted octanol–water partition coefficient (Wildman–Crippen LogP) is 2.29. The summed E-state index contributed by atoms with van der Waals surface area (Å²) in [5.74, 6) is 0.501. The molecule has 0 spiro atoms. The highest BCUT2D eigenvalue weighted by atomic mass is 16.5. The number of aromatic nitrogens is 3. The maximum atomic E-state index is 6.02. The number of aryl methyl sites for hydroxylation is 1. The number of nitrogens with two attached hydrogens (primary N) is 1. The van der Waals surface area contributed by atoms with Gasteiger partial charge in [-0.25, -0.2) is 4.98 Å². The van der Waals surface area contributed by atoms with E-state index in [1.807, 2.05) is 12.1 Å². The smallest absolute Gasteiger partial charge is 0.158 e. The number of H-pyrrole nitrogens is 1. The number of anilines is 1. The van der Waals surface area contributed by atoms with E-state index in [1.165, 1.54) is 5.56 Å². The first-order valence-corrected chi connectivity index (χ1v) is 8.10. The molecule has 0 unspecified atom stereocenters. The maximum Gasteiger partial charge on any atom is 0.158 e. The second-order valence-electron chi connectivity index (χ2n) is 5.81. The Morgan fingerprint density at radius 3 is 2.88 bits per heavy atom. The standard InChI is InChI=1S/C18H23N5O/c1-12-5-3-4-6-14(12)15-11-13(7-8-20-9-10-24-2)16-17(19)22-23-18(16)21-15/h3-6,11,20H,7-10H2,1-2H3,(H3,19,21,22,23). The molecule has 0 bridgehead atoms. The number of nitrogens with zero attached hydrogens (tertiary/aromatic N) is 2. The SMILES string of the molecule is COCCNCCc1cc(-c2ccccc2C)nc2[nH]nc(N)c12. The van der Waals surface area contributed by atoms with Gasteiger partial charge in [0, 0.05) is 19.2 Å². The van der Waals surface area contributed by atoms with Gasteiger partial charge in [0.15, 0.2) is 11.5 Å². The minimum Gasteiger partial charge on any atom is -0.383 e. The molecule has 3 rings (SSSR count). The third kappa shape index (κ3) is 3.39. The fourth-order valence-electron chi connectivity index (χ4n) is 2.85. The maximum absolute atomic E-state index is 6.02. The van der Waals surface area contributed by atoms with Crippen molar-refractivity contribution in [3.63, 3.8) is 0 Å². The molecule has 6 nitrogen and oxygen atoms in total. The molecular formula is C18H23N5O. The van der Waals surface area contributed by atoms with Gasteiger partial charge in [-0.15, -0.1) is 0 Å². The fourth-order valence-corrected chi connectivity index (χ4v) is 2.85. The van der Waals surface area contributed by atoms with Crippen LogP contribution in [-0.4, -0.2) is 42.0 Å². The number of nitrogens with one attached hydrogen (secondary N) is 2. The Balaban J connectivity index is 1.94. The molecular weight excluding hydrogens is 302 g/mol. The quantitative estimate of drug-likeness (QED) is 0.580. The lowest BCUT2D eigenvalue weighted by Crippen LogP contribution is -2.21. The topological polar surface area (TPSA) is 88.8 Å². The zero-order valence-corrected chi connectivity index (χ0v) is 14.1. The average Bonchev–Trinajstić information content (AvgIpc) is 2.96. The number of hydrogen-bond acceptors (Lipinski definition) is 5. The summed E-state index contributed by atoms with van der Waals surface area (Å²) in [6.45, 7) is 4.47. The summed E-state index contributed by atoms with van der Waals surface area (Å²) in [5, 5.41) is 11.3. The zero-order chi connectivity index (χ0) is 16.9. The first-order valence-electron chi connectivity index (χ1n) is 8.10. The highest BCUT2D eigenvalue weighted by Gasteiger charge is 2.13. The Bertz CT molecular complexity index is 827. The molecule has 0 atom stereocenters. The molecule has 0 saturated carbocycles. The summed E-state index contributed by atoms with van der Waals surface area (Å²) in [6.07, 6.45) is 0.853. The lowest BCUT2D eigenvalue weighted by molar-refractivity contribution is 0.199. The normalized spacial score (nSPS) is 11.2. The zero-order valence-electron chi connectivity index (χ0n) is 14.1. The molecule has 0 saturated heterocycles. The average molecular weight is 325 g/mol. The lowest BCUT2D eigenvalue weighted by atomic mass is 10.0. The summed E-state index contributed by atoms with van der Waals surface area (Å²) >= 11 is 0. The Morgan fingerprint density at radius 2 is 2.08 bits per heavy atom. The highest BCUT2D eigenvalue weighted by Crippen LogP contribution is 2.28. The van der Waals surface area contributed by atoms with Gasteiger partial charge in [-0.05, 0) is 37.1 Å². The van der Waals surface area contributed by atoms with Crippen LogP contribution in [-0.2, 0) is 11.2 Å². The number of aromatic amines is 1. The van der Waals surface area contributed by atoms with Gasteiger partial charge >= 0.3 is 0 Å². The van der Waals surface area contributed by atoms with E-state index in [-0.39, 0.29) is 0 Å². The van der Waals surface area contributed by atoms with Crippen molar-refractivity contribution in [2.45, 2.75) is 13.3 Å². The van der Waals surface area contributed by atoms with Gasteiger partial charge < -0.3 is 15.8 Å². The van der Waals surface area contributed by atoms with Crippen molar-refractivity contribution < 1.29 is 4.74 Å².